The molecular formula is C26H25F2N3O4S. The predicted molar refractivity (Wildman–Crippen MR) is 130 cm³/mol. The Balaban J connectivity index is 1.47. The quantitative estimate of drug-likeness (QED) is 0.474. The monoisotopic (exact) mass is 513 g/mol. The summed E-state index contributed by atoms with van der Waals surface area (Å²) in [5.41, 5.74) is 1.82. The average Bonchev–Trinajstić information content (AvgIpc) is 3.26. The molecule has 188 valence electrons. The predicted octanol–water partition coefficient (Wildman–Crippen LogP) is 3.60. The highest BCUT2D eigenvalue weighted by Crippen LogP contribution is 2.24. The van der Waals surface area contributed by atoms with Crippen molar-refractivity contribution in [3.05, 3.63) is 95.6 Å². The molecule has 3 aromatic carbocycles. The lowest BCUT2D eigenvalue weighted by Crippen LogP contribution is -2.40. The molecule has 0 atom stereocenters. The van der Waals surface area contributed by atoms with Crippen LogP contribution in [0.1, 0.15) is 24.0 Å². The third-order valence-corrected chi connectivity index (χ3v) is 7.62. The molecule has 1 heterocycles. The number of anilines is 1. The van der Waals surface area contributed by atoms with Gasteiger partial charge >= 0.3 is 0 Å². The minimum atomic E-state index is -4.24. The summed E-state index contributed by atoms with van der Waals surface area (Å²) >= 11 is 0. The maximum atomic E-state index is 13.5. The highest BCUT2D eigenvalue weighted by Gasteiger charge is 2.27. The average molecular weight is 514 g/mol. The zero-order valence-electron chi connectivity index (χ0n) is 19.4. The topological polar surface area (TPSA) is 86.8 Å². The van der Waals surface area contributed by atoms with E-state index in [9.17, 15) is 26.8 Å². The van der Waals surface area contributed by atoms with Crippen LogP contribution in [0.3, 0.4) is 0 Å². The summed E-state index contributed by atoms with van der Waals surface area (Å²) in [7, 11) is -4.24. The smallest absolute Gasteiger partial charge is 0.264 e. The third kappa shape index (κ3) is 6.06. The molecule has 0 bridgehead atoms. The van der Waals surface area contributed by atoms with Crippen LogP contribution in [0.4, 0.5) is 14.5 Å². The van der Waals surface area contributed by atoms with Gasteiger partial charge in [-0.15, -0.1) is 0 Å². The number of benzene rings is 3. The molecule has 0 aromatic heterocycles. The summed E-state index contributed by atoms with van der Waals surface area (Å²) in [5.74, 6) is -1.61. The molecule has 1 fully saturated rings. The molecule has 36 heavy (non-hydrogen) atoms. The summed E-state index contributed by atoms with van der Waals surface area (Å²) in [6.07, 6.45) is 1.40. The van der Waals surface area contributed by atoms with Gasteiger partial charge in [0.15, 0.2) is 0 Å². The van der Waals surface area contributed by atoms with E-state index in [2.05, 4.69) is 5.32 Å². The molecule has 10 heteroatoms. The minimum Gasteiger partial charge on any atom is -0.350 e. The van der Waals surface area contributed by atoms with Crippen LogP contribution in [0.25, 0.3) is 0 Å². The van der Waals surface area contributed by atoms with E-state index < -0.39 is 34.1 Å². The van der Waals surface area contributed by atoms with Crippen molar-refractivity contribution in [2.75, 3.05) is 17.4 Å². The second kappa shape index (κ2) is 10.9. The molecule has 4 rings (SSSR count). The van der Waals surface area contributed by atoms with Crippen LogP contribution >= 0.6 is 0 Å². The fraction of sp³-hybridized carbons (Fsp3) is 0.231. The Labute approximate surface area is 208 Å². The first-order chi connectivity index (χ1) is 17.2. The second-order valence-corrected chi connectivity index (χ2v) is 10.3. The molecule has 2 amide bonds. The van der Waals surface area contributed by atoms with E-state index in [1.807, 2.05) is 24.3 Å². The number of carbonyl (C=O) groups excluding carboxylic acids is 2. The molecule has 0 saturated carbocycles. The van der Waals surface area contributed by atoms with Gasteiger partial charge in [-0.05, 0) is 66.1 Å². The van der Waals surface area contributed by atoms with Crippen molar-refractivity contribution in [3.8, 4) is 0 Å². The van der Waals surface area contributed by atoms with Crippen molar-refractivity contribution in [1.82, 2.24) is 10.2 Å². The minimum absolute atomic E-state index is 0.0909. The maximum absolute atomic E-state index is 13.5. The maximum Gasteiger partial charge on any atom is 0.264 e. The highest BCUT2D eigenvalue weighted by atomic mass is 32.2. The molecule has 1 N–H and O–H groups in total. The van der Waals surface area contributed by atoms with E-state index in [0.717, 1.165) is 64.8 Å². The standard InChI is InChI=1S/C26H25F2N3O4S/c27-21-6-10-23(11-7-21)31(36(34,35)24-12-8-22(28)9-13-24)18-25(32)29-16-19-3-1-4-20(15-19)17-30-14-2-5-26(30)33/h1,3-4,6-13,15H,2,5,14,16-18H2,(H,29,32). The lowest BCUT2D eigenvalue weighted by Gasteiger charge is -2.24. The Morgan fingerprint density at radius 2 is 1.58 bits per heavy atom. The van der Waals surface area contributed by atoms with Crippen LogP contribution in [-0.4, -0.2) is 38.2 Å². The van der Waals surface area contributed by atoms with Crippen molar-refractivity contribution in [1.29, 1.82) is 0 Å². The summed E-state index contributed by atoms with van der Waals surface area (Å²) in [6.45, 7) is 0.804. The van der Waals surface area contributed by atoms with Gasteiger partial charge in [-0.2, -0.15) is 0 Å². The van der Waals surface area contributed by atoms with Crippen LogP contribution in [0, 0.1) is 11.6 Å². The first-order valence-corrected chi connectivity index (χ1v) is 12.8. The van der Waals surface area contributed by atoms with E-state index >= 15 is 0 Å². The summed E-state index contributed by atoms with van der Waals surface area (Å²) in [4.78, 5) is 26.3. The van der Waals surface area contributed by atoms with E-state index in [1.54, 1.807) is 4.90 Å². The van der Waals surface area contributed by atoms with E-state index in [4.69, 9.17) is 0 Å². The van der Waals surface area contributed by atoms with Crippen LogP contribution in [-0.2, 0) is 32.7 Å². The number of nitrogens with zero attached hydrogens (tertiary/aromatic N) is 2. The third-order valence-electron chi connectivity index (χ3n) is 5.83. The number of rotatable bonds is 9. The van der Waals surface area contributed by atoms with Crippen LogP contribution in [0.15, 0.2) is 77.7 Å². The summed E-state index contributed by atoms with van der Waals surface area (Å²) in [5, 5.41) is 2.71. The number of hydrogen-bond acceptors (Lipinski definition) is 4. The Morgan fingerprint density at radius 1 is 0.944 bits per heavy atom. The number of halogens is 2. The zero-order valence-corrected chi connectivity index (χ0v) is 20.2. The van der Waals surface area contributed by atoms with Crippen molar-refractivity contribution in [2.24, 2.45) is 0 Å². The van der Waals surface area contributed by atoms with Crippen LogP contribution < -0.4 is 9.62 Å². The van der Waals surface area contributed by atoms with Crippen molar-refractivity contribution in [2.45, 2.75) is 30.8 Å². The fourth-order valence-corrected chi connectivity index (χ4v) is 5.39. The van der Waals surface area contributed by atoms with E-state index in [0.29, 0.717) is 13.0 Å². The van der Waals surface area contributed by atoms with E-state index in [-0.39, 0.29) is 23.0 Å². The lowest BCUT2D eigenvalue weighted by molar-refractivity contribution is -0.128. The van der Waals surface area contributed by atoms with Gasteiger partial charge in [0.1, 0.15) is 18.2 Å². The highest BCUT2D eigenvalue weighted by molar-refractivity contribution is 7.92. The van der Waals surface area contributed by atoms with Gasteiger partial charge in [-0.1, -0.05) is 24.3 Å². The molecule has 1 aliphatic rings. The number of amides is 2. The van der Waals surface area contributed by atoms with Crippen molar-refractivity contribution in [3.63, 3.8) is 0 Å². The fourth-order valence-electron chi connectivity index (χ4n) is 3.97. The summed E-state index contributed by atoms with van der Waals surface area (Å²) in [6, 6.07) is 16.4. The Morgan fingerprint density at radius 3 is 2.22 bits per heavy atom. The Kier molecular flexibility index (Phi) is 7.64. The number of hydrogen-bond donors (Lipinski definition) is 1. The Hall–Kier alpha value is -3.79. The number of likely N-dealkylation sites (tertiary alicyclic amines) is 1. The molecule has 3 aromatic rings. The lowest BCUT2D eigenvalue weighted by atomic mass is 10.1. The molecule has 0 spiro atoms. The van der Waals surface area contributed by atoms with Crippen LogP contribution in [0.2, 0.25) is 0 Å². The van der Waals surface area contributed by atoms with Gasteiger partial charge in [0, 0.05) is 26.1 Å². The number of sulfonamides is 1. The molecular weight excluding hydrogens is 488 g/mol. The van der Waals surface area contributed by atoms with Gasteiger partial charge < -0.3 is 10.2 Å². The normalized spacial score (nSPS) is 13.6. The number of nitrogens with one attached hydrogen (secondary N) is 1. The van der Waals surface area contributed by atoms with Gasteiger partial charge in [0.25, 0.3) is 10.0 Å². The first kappa shape index (κ1) is 25.3. The number of carbonyl (C=O) groups is 2. The molecule has 7 nitrogen and oxygen atoms in total. The van der Waals surface area contributed by atoms with Gasteiger partial charge in [0.05, 0.1) is 10.6 Å². The Bertz CT molecular complexity index is 1350. The second-order valence-electron chi connectivity index (χ2n) is 8.46. The summed E-state index contributed by atoms with van der Waals surface area (Å²) < 4.78 is 54.2. The van der Waals surface area contributed by atoms with Crippen molar-refractivity contribution >= 4 is 27.5 Å². The SMILES string of the molecule is O=C(CN(c1ccc(F)cc1)S(=O)(=O)c1ccc(F)cc1)NCc1cccc(CN2CCCC2=O)c1. The van der Waals surface area contributed by atoms with Gasteiger partial charge in [0.2, 0.25) is 11.8 Å². The molecule has 1 aliphatic heterocycles. The van der Waals surface area contributed by atoms with E-state index in [1.165, 1.54) is 12.1 Å². The van der Waals surface area contributed by atoms with Gasteiger partial charge in [-0.25, -0.2) is 17.2 Å². The largest absolute Gasteiger partial charge is 0.350 e. The molecule has 0 radical (unpaired) electrons. The van der Waals surface area contributed by atoms with Gasteiger partial charge in [-0.3, -0.25) is 13.9 Å². The molecule has 1 saturated heterocycles. The van der Waals surface area contributed by atoms with Crippen molar-refractivity contribution < 1.29 is 26.8 Å². The molecule has 0 aliphatic carbocycles. The van der Waals surface area contributed by atoms with Crippen LogP contribution in [0.5, 0.6) is 0 Å². The first-order valence-electron chi connectivity index (χ1n) is 11.4. The molecule has 0 unspecified atom stereocenters. The zero-order chi connectivity index (χ0) is 25.7.